The van der Waals surface area contributed by atoms with E-state index >= 15 is 0 Å². The molecule has 0 fully saturated rings. The van der Waals surface area contributed by atoms with Gasteiger partial charge in [-0.25, -0.2) is 0 Å². The van der Waals surface area contributed by atoms with Gasteiger partial charge in [-0.15, -0.1) is 0 Å². The fraction of sp³-hybridized carbons (Fsp3) is 0.500. The zero-order valence-electron chi connectivity index (χ0n) is 9.67. The van der Waals surface area contributed by atoms with Crippen molar-refractivity contribution in [2.45, 2.75) is 38.3 Å². The number of aryl methyl sites for hydroxylation is 2. The Bertz CT molecular complexity index is 489. The van der Waals surface area contributed by atoms with E-state index in [0.717, 1.165) is 31.6 Å². The van der Waals surface area contributed by atoms with Crippen LogP contribution in [0.1, 0.15) is 36.0 Å². The highest BCUT2D eigenvalue weighted by Gasteiger charge is 2.19. The first-order valence-electron chi connectivity index (χ1n) is 6.03. The molecule has 3 rings (SSSR count). The van der Waals surface area contributed by atoms with Crippen molar-refractivity contribution in [2.75, 3.05) is 0 Å². The number of aromatic nitrogens is 3. The van der Waals surface area contributed by atoms with Crippen LogP contribution < -0.4 is 5.73 Å². The lowest BCUT2D eigenvalue weighted by atomic mass is 9.94. The summed E-state index contributed by atoms with van der Waals surface area (Å²) in [7, 11) is 0. The molecule has 0 amide bonds. The molecular weight excluding hydrogens is 216 g/mol. The Morgan fingerprint density at radius 2 is 2.47 bits per heavy atom. The fourth-order valence-corrected chi connectivity index (χ4v) is 2.53. The second-order valence-corrected chi connectivity index (χ2v) is 4.51. The molecule has 1 unspecified atom stereocenters. The van der Waals surface area contributed by atoms with Crippen LogP contribution >= 0.6 is 0 Å². The lowest BCUT2D eigenvalue weighted by Gasteiger charge is -2.20. The van der Waals surface area contributed by atoms with Gasteiger partial charge < -0.3 is 14.8 Å². The van der Waals surface area contributed by atoms with Gasteiger partial charge in [0, 0.05) is 30.9 Å². The van der Waals surface area contributed by atoms with Crippen LogP contribution in [0.25, 0.3) is 0 Å². The van der Waals surface area contributed by atoms with Gasteiger partial charge in [0.15, 0.2) is 5.82 Å². The standard InChI is InChI=1S/C12H16N4O/c13-10-2-1-3-11-9(10)4-6-16(11)7-5-12-14-8-17-15-12/h4,6,8,10H,1-3,5,7,13H2. The molecule has 1 aliphatic rings. The van der Waals surface area contributed by atoms with E-state index in [-0.39, 0.29) is 6.04 Å². The Morgan fingerprint density at radius 3 is 3.29 bits per heavy atom. The smallest absolute Gasteiger partial charge is 0.213 e. The minimum atomic E-state index is 0.213. The summed E-state index contributed by atoms with van der Waals surface area (Å²) in [4.78, 5) is 4.03. The number of fused-ring (bicyclic) bond motifs is 1. The molecule has 0 spiro atoms. The van der Waals surface area contributed by atoms with Crippen LogP contribution in [-0.4, -0.2) is 14.7 Å². The highest BCUT2D eigenvalue weighted by Crippen LogP contribution is 2.28. The number of nitrogens with two attached hydrogens (primary N) is 1. The third kappa shape index (κ3) is 1.98. The monoisotopic (exact) mass is 232 g/mol. The average molecular weight is 232 g/mol. The summed E-state index contributed by atoms with van der Waals surface area (Å²) in [6, 6.07) is 2.36. The first-order chi connectivity index (χ1) is 8.34. The Balaban J connectivity index is 1.75. The molecule has 90 valence electrons. The first-order valence-corrected chi connectivity index (χ1v) is 6.03. The minimum Gasteiger partial charge on any atom is -0.351 e. The van der Waals surface area contributed by atoms with Crippen molar-refractivity contribution in [2.24, 2.45) is 5.73 Å². The SMILES string of the molecule is NC1CCCc2c1ccn2CCc1ncon1. The largest absolute Gasteiger partial charge is 0.351 e. The molecule has 17 heavy (non-hydrogen) atoms. The molecule has 0 saturated carbocycles. The van der Waals surface area contributed by atoms with Gasteiger partial charge in [-0.1, -0.05) is 5.16 Å². The van der Waals surface area contributed by atoms with Gasteiger partial charge in [-0.05, 0) is 30.9 Å². The van der Waals surface area contributed by atoms with Crippen LogP contribution in [0.5, 0.6) is 0 Å². The molecule has 0 radical (unpaired) electrons. The highest BCUT2D eigenvalue weighted by molar-refractivity contribution is 5.28. The van der Waals surface area contributed by atoms with Crippen molar-refractivity contribution >= 4 is 0 Å². The van der Waals surface area contributed by atoms with Crippen molar-refractivity contribution in [1.82, 2.24) is 14.7 Å². The van der Waals surface area contributed by atoms with E-state index in [1.54, 1.807) is 0 Å². The van der Waals surface area contributed by atoms with Gasteiger partial charge in [-0.3, -0.25) is 0 Å². The zero-order valence-corrected chi connectivity index (χ0v) is 9.67. The van der Waals surface area contributed by atoms with Gasteiger partial charge in [-0.2, -0.15) is 4.98 Å². The van der Waals surface area contributed by atoms with Crippen LogP contribution in [0.3, 0.4) is 0 Å². The van der Waals surface area contributed by atoms with E-state index in [1.807, 2.05) is 0 Å². The summed E-state index contributed by atoms with van der Waals surface area (Å²) in [6.45, 7) is 0.890. The Kier molecular flexibility index (Phi) is 2.68. The van der Waals surface area contributed by atoms with Gasteiger partial charge in [0.05, 0.1) is 0 Å². The first kappa shape index (κ1) is 10.5. The number of nitrogens with zero attached hydrogens (tertiary/aromatic N) is 3. The van der Waals surface area contributed by atoms with Crippen molar-refractivity contribution in [1.29, 1.82) is 0 Å². The van der Waals surface area contributed by atoms with Crippen LogP contribution in [0, 0.1) is 0 Å². The normalized spacial score (nSPS) is 19.2. The third-order valence-corrected chi connectivity index (χ3v) is 3.43. The fourth-order valence-electron chi connectivity index (χ4n) is 2.53. The molecule has 5 nitrogen and oxygen atoms in total. The second-order valence-electron chi connectivity index (χ2n) is 4.51. The summed E-state index contributed by atoms with van der Waals surface area (Å²) in [5.41, 5.74) is 8.79. The topological polar surface area (TPSA) is 69.9 Å². The molecule has 0 aliphatic heterocycles. The van der Waals surface area contributed by atoms with Crippen molar-refractivity contribution in [3.63, 3.8) is 0 Å². The minimum absolute atomic E-state index is 0.213. The number of hydrogen-bond acceptors (Lipinski definition) is 4. The lowest BCUT2D eigenvalue weighted by molar-refractivity contribution is 0.408. The van der Waals surface area contributed by atoms with Crippen LogP contribution in [0.4, 0.5) is 0 Å². The van der Waals surface area contributed by atoms with E-state index in [2.05, 4.69) is 27.0 Å². The predicted octanol–water partition coefficient (Wildman–Crippen LogP) is 1.45. The molecule has 5 heteroatoms. The van der Waals surface area contributed by atoms with E-state index in [1.165, 1.54) is 24.1 Å². The van der Waals surface area contributed by atoms with E-state index in [0.29, 0.717) is 0 Å². The molecule has 2 N–H and O–H groups in total. The lowest BCUT2D eigenvalue weighted by Crippen LogP contribution is -2.18. The van der Waals surface area contributed by atoms with Crippen molar-refractivity contribution < 1.29 is 4.52 Å². The molecule has 0 aromatic carbocycles. The predicted molar refractivity (Wildman–Crippen MR) is 62.3 cm³/mol. The van der Waals surface area contributed by atoms with Crippen molar-refractivity contribution in [3.8, 4) is 0 Å². The molecule has 2 aromatic rings. The van der Waals surface area contributed by atoms with Gasteiger partial charge in [0.2, 0.25) is 6.39 Å². The molecule has 1 atom stereocenters. The molecule has 0 saturated heterocycles. The maximum absolute atomic E-state index is 6.10. The third-order valence-electron chi connectivity index (χ3n) is 3.43. The Hall–Kier alpha value is -1.62. The molecule has 2 aromatic heterocycles. The van der Waals surface area contributed by atoms with Gasteiger partial charge >= 0.3 is 0 Å². The van der Waals surface area contributed by atoms with E-state index < -0.39 is 0 Å². The van der Waals surface area contributed by atoms with Gasteiger partial charge in [0.25, 0.3) is 0 Å². The second kappa shape index (κ2) is 4.33. The molecule has 0 bridgehead atoms. The van der Waals surface area contributed by atoms with Gasteiger partial charge in [0.1, 0.15) is 0 Å². The molecule has 1 aliphatic carbocycles. The zero-order chi connectivity index (χ0) is 11.7. The quantitative estimate of drug-likeness (QED) is 0.869. The van der Waals surface area contributed by atoms with Crippen molar-refractivity contribution in [3.05, 3.63) is 35.7 Å². The maximum atomic E-state index is 6.10. The van der Waals surface area contributed by atoms with E-state index in [9.17, 15) is 0 Å². The highest BCUT2D eigenvalue weighted by atomic mass is 16.5. The molecule has 2 heterocycles. The summed E-state index contributed by atoms with van der Waals surface area (Å²) in [6.07, 6.45) is 7.70. The number of rotatable bonds is 3. The van der Waals surface area contributed by atoms with Crippen LogP contribution in [0.15, 0.2) is 23.2 Å². The summed E-state index contributed by atoms with van der Waals surface area (Å²) >= 11 is 0. The van der Waals surface area contributed by atoms with E-state index in [4.69, 9.17) is 10.3 Å². The summed E-state index contributed by atoms with van der Waals surface area (Å²) in [5, 5.41) is 3.82. The van der Waals surface area contributed by atoms with Crippen LogP contribution in [0.2, 0.25) is 0 Å². The van der Waals surface area contributed by atoms with Crippen LogP contribution in [-0.2, 0) is 19.4 Å². The average Bonchev–Trinajstić information content (AvgIpc) is 2.95. The summed E-state index contributed by atoms with van der Waals surface area (Å²) in [5.74, 6) is 0.757. The Morgan fingerprint density at radius 1 is 1.53 bits per heavy atom. The Labute approximate surface area is 99.6 Å². The summed E-state index contributed by atoms with van der Waals surface area (Å²) < 4.78 is 6.99. The maximum Gasteiger partial charge on any atom is 0.213 e. The number of hydrogen-bond donors (Lipinski definition) is 1. The molecular formula is C12H16N4O.